The fraction of sp³-hybridized carbons (Fsp3) is 0.400. The number of rotatable bonds is 6. The molecule has 0 aliphatic heterocycles. The van der Waals surface area contributed by atoms with E-state index in [2.05, 4.69) is 10.4 Å². The molecule has 1 heterocycles. The molecule has 2 aromatic rings. The lowest BCUT2D eigenvalue weighted by molar-refractivity contribution is 0.497. The Morgan fingerprint density at radius 2 is 2.05 bits per heavy atom. The Balaban J connectivity index is 2.19. The van der Waals surface area contributed by atoms with Crippen LogP contribution in [0.3, 0.4) is 0 Å². The zero-order valence-electron chi connectivity index (χ0n) is 11.7. The van der Waals surface area contributed by atoms with Crippen LogP contribution < -0.4 is 5.32 Å². The molecular weight excluding hydrogens is 260 g/mol. The molecule has 0 aliphatic carbocycles. The predicted molar refractivity (Wildman–Crippen MR) is 74.4 cm³/mol. The van der Waals surface area contributed by atoms with E-state index in [1.54, 1.807) is 6.07 Å². The van der Waals surface area contributed by atoms with Crippen LogP contribution in [0, 0.1) is 11.6 Å². The van der Waals surface area contributed by atoms with Crippen LogP contribution in [0.1, 0.15) is 31.0 Å². The molecule has 0 amide bonds. The third kappa shape index (κ3) is 3.42. The average molecular weight is 279 g/mol. The standard InChI is InChI=1S/C15H19F2N3/c1-3-18-15(7-11-9-19-20(4-2)10-11)12-5-6-13(16)14(17)8-12/h5-6,8-10,15,18H,3-4,7H2,1-2H3. The van der Waals surface area contributed by atoms with E-state index in [1.165, 1.54) is 12.1 Å². The minimum absolute atomic E-state index is 0.0513. The highest BCUT2D eigenvalue weighted by atomic mass is 19.2. The van der Waals surface area contributed by atoms with Gasteiger partial charge in [0, 0.05) is 18.8 Å². The maximum Gasteiger partial charge on any atom is 0.159 e. The number of aromatic nitrogens is 2. The molecule has 5 heteroatoms. The van der Waals surface area contributed by atoms with Gasteiger partial charge in [0.1, 0.15) is 0 Å². The van der Waals surface area contributed by atoms with Crippen molar-refractivity contribution in [3.63, 3.8) is 0 Å². The lowest BCUT2D eigenvalue weighted by Gasteiger charge is -2.17. The Morgan fingerprint density at radius 1 is 1.25 bits per heavy atom. The van der Waals surface area contributed by atoms with Crippen LogP contribution in [0.5, 0.6) is 0 Å². The molecule has 2 rings (SSSR count). The van der Waals surface area contributed by atoms with Gasteiger partial charge in [-0.3, -0.25) is 4.68 Å². The van der Waals surface area contributed by atoms with E-state index in [4.69, 9.17) is 0 Å². The van der Waals surface area contributed by atoms with E-state index in [9.17, 15) is 8.78 Å². The molecule has 1 atom stereocenters. The first-order chi connectivity index (χ1) is 9.63. The van der Waals surface area contributed by atoms with Crippen molar-refractivity contribution in [3.8, 4) is 0 Å². The largest absolute Gasteiger partial charge is 0.310 e. The highest BCUT2D eigenvalue weighted by Crippen LogP contribution is 2.20. The van der Waals surface area contributed by atoms with Crippen molar-refractivity contribution in [2.75, 3.05) is 6.54 Å². The molecule has 1 aromatic carbocycles. The van der Waals surface area contributed by atoms with Crippen LogP contribution >= 0.6 is 0 Å². The summed E-state index contributed by atoms with van der Waals surface area (Å²) in [5, 5.41) is 7.52. The number of halogens is 2. The van der Waals surface area contributed by atoms with Gasteiger partial charge in [-0.2, -0.15) is 5.10 Å². The molecule has 1 unspecified atom stereocenters. The second-order valence-electron chi connectivity index (χ2n) is 4.69. The van der Waals surface area contributed by atoms with Gasteiger partial charge in [-0.1, -0.05) is 13.0 Å². The van der Waals surface area contributed by atoms with Gasteiger partial charge in [-0.15, -0.1) is 0 Å². The van der Waals surface area contributed by atoms with E-state index in [0.29, 0.717) is 6.42 Å². The maximum atomic E-state index is 13.4. The fourth-order valence-electron chi connectivity index (χ4n) is 2.20. The van der Waals surface area contributed by atoms with Crippen LogP contribution in [0.25, 0.3) is 0 Å². The van der Waals surface area contributed by atoms with Gasteiger partial charge in [0.05, 0.1) is 6.20 Å². The van der Waals surface area contributed by atoms with E-state index in [0.717, 1.165) is 24.2 Å². The van der Waals surface area contributed by atoms with E-state index in [-0.39, 0.29) is 6.04 Å². The molecule has 0 bridgehead atoms. The Morgan fingerprint density at radius 3 is 2.65 bits per heavy atom. The van der Waals surface area contributed by atoms with Crippen LogP contribution in [-0.2, 0) is 13.0 Å². The van der Waals surface area contributed by atoms with E-state index < -0.39 is 11.6 Å². The number of aryl methyl sites for hydroxylation is 1. The molecule has 1 N–H and O–H groups in total. The van der Waals surface area contributed by atoms with E-state index in [1.807, 2.05) is 30.9 Å². The molecular formula is C15H19F2N3. The minimum atomic E-state index is -0.817. The smallest absolute Gasteiger partial charge is 0.159 e. The Labute approximate surface area is 117 Å². The molecule has 0 saturated carbocycles. The third-order valence-electron chi connectivity index (χ3n) is 3.25. The second-order valence-corrected chi connectivity index (χ2v) is 4.69. The normalized spacial score (nSPS) is 12.6. The summed E-state index contributed by atoms with van der Waals surface area (Å²) in [6.45, 7) is 5.58. The van der Waals surface area contributed by atoms with Gasteiger partial charge in [0.25, 0.3) is 0 Å². The second kappa shape index (κ2) is 6.61. The number of hydrogen-bond acceptors (Lipinski definition) is 2. The number of hydrogen-bond donors (Lipinski definition) is 1. The molecule has 0 spiro atoms. The lowest BCUT2D eigenvalue weighted by Crippen LogP contribution is -2.23. The van der Waals surface area contributed by atoms with Crippen LogP contribution in [-0.4, -0.2) is 16.3 Å². The summed E-state index contributed by atoms with van der Waals surface area (Å²) in [4.78, 5) is 0. The quantitative estimate of drug-likeness (QED) is 0.880. The zero-order chi connectivity index (χ0) is 14.5. The number of nitrogens with one attached hydrogen (secondary N) is 1. The first-order valence-corrected chi connectivity index (χ1v) is 6.83. The van der Waals surface area contributed by atoms with Gasteiger partial charge in [0.2, 0.25) is 0 Å². The highest BCUT2D eigenvalue weighted by Gasteiger charge is 2.14. The topological polar surface area (TPSA) is 29.9 Å². The summed E-state index contributed by atoms with van der Waals surface area (Å²) in [6.07, 6.45) is 4.48. The lowest BCUT2D eigenvalue weighted by atomic mass is 10.0. The number of likely N-dealkylation sites (N-methyl/N-ethyl adjacent to an activating group) is 1. The third-order valence-corrected chi connectivity index (χ3v) is 3.25. The van der Waals surface area contributed by atoms with Crippen molar-refractivity contribution < 1.29 is 8.78 Å². The Bertz CT molecular complexity index is 566. The first kappa shape index (κ1) is 14.7. The van der Waals surface area contributed by atoms with Crippen molar-refractivity contribution in [1.82, 2.24) is 15.1 Å². The summed E-state index contributed by atoms with van der Waals surface area (Å²) in [7, 11) is 0. The highest BCUT2D eigenvalue weighted by molar-refractivity contribution is 5.23. The summed E-state index contributed by atoms with van der Waals surface area (Å²) in [5.41, 5.74) is 1.82. The van der Waals surface area contributed by atoms with Crippen molar-refractivity contribution >= 4 is 0 Å². The summed E-state index contributed by atoms with van der Waals surface area (Å²) < 4.78 is 28.2. The summed E-state index contributed by atoms with van der Waals surface area (Å²) in [5.74, 6) is -1.63. The first-order valence-electron chi connectivity index (χ1n) is 6.83. The van der Waals surface area contributed by atoms with Gasteiger partial charge >= 0.3 is 0 Å². The van der Waals surface area contributed by atoms with Crippen molar-refractivity contribution in [3.05, 3.63) is 53.4 Å². The molecule has 108 valence electrons. The Kier molecular flexibility index (Phi) is 4.84. The average Bonchev–Trinajstić information content (AvgIpc) is 2.89. The monoisotopic (exact) mass is 279 g/mol. The van der Waals surface area contributed by atoms with Crippen LogP contribution in [0.15, 0.2) is 30.6 Å². The SMILES string of the molecule is CCNC(Cc1cnn(CC)c1)c1ccc(F)c(F)c1. The van der Waals surface area contributed by atoms with Crippen molar-refractivity contribution in [2.24, 2.45) is 0 Å². The van der Waals surface area contributed by atoms with Gasteiger partial charge in [0.15, 0.2) is 11.6 Å². The van der Waals surface area contributed by atoms with Gasteiger partial charge < -0.3 is 5.32 Å². The van der Waals surface area contributed by atoms with Crippen molar-refractivity contribution in [2.45, 2.75) is 32.9 Å². The molecule has 0 fully saturated rings. The van der Waals surface area contributed by atoms with E-state index >= 15 is 0 Å². The molecule has 3 nitrogen and oxygen atoms in total. The molecule has 0 saturated heterocycles. The fourth-order valence-corrected chi connectivity index (χ4v) is 2.20. The molecule has 0 aliphatic rings. The summed E-state index contributed by atoms with van der Waals surface area (Å²) >= 11 is 0. The Hall–Kier alpha value is -1.75. The molecule has 0 radical (unpaired) electrons. The summed E-state index contributed by atoms with van der Waals surface area (Å²) in [6, 6.07) is 4.00. The zero-order valence-corrected chi connectivity index (χ0v) is 11.7. The van der Waals surface area contributed by atoms with Crippen LogP contribution in [0.4, 0.5) is 8.78 Å². The van der Waals surface area contributed by atoms with Crippen molar-refractivity contribution in [1.29, 1.82) is 0 Å². The molecule has 20 heavy (non-hydrogen) atoms. The minimum Gasteiger partial charge on any atom is -0.310 e. The molecule has 1 aromatic heterocycles. The number of nitrogens with zero attached hydrogens (tertiary/aromatic N) is 2. The van der Waals surface area contributed by atoms with Crippen LogP contribution in [0.2, 0.25) is 0 Å². The van der Waals surface area contributed by atoms with Gasteiger partial charge in [-0.05, 0) is 43.1 Å². The van der Waals surface area contributed by atoms with Gasteiger partial charge in [-0.25, -0.2) is 8.78 Å². The predicted octanol–water partition coefficient (Wildman–Crippen LogP) is 3.07. The maximum absolute atomic E-state index is 13.4. The number of benzene rings is 1.